The summed E-state index contributed by atoms with van der Waals surface area (Å²) in [6, 6.07) is -0.601. The van der Waals surface area contributed by atoms with Crippen molar-refractivity contribution in [2.75, 3.05) is 83.4 Å². The second kappa shape index (κ2) is 19.7. The monoisotopic (exact) mass is 784 g/mol. The van der Waals surface area contributed by atoms with Crippen LogP contribution in [-0.4, -0.2) is 153 Å². The lowest BCUT2D eigenvalue weighted by Crippen LogP contribution is -2.50. The van der Waals surface area contributed by atoms with E-state index in [2.05, 4.69) is 26.3 Å². The number of aliphatic hydroxyl groups excluding tert-OH is 2. The average molecular weight is 785 g/mol. The third-order valence-electron chi connectivity index (χ3n) is 7.71. The fraction of sp³-hybridized carbons (Fsp3) is 0.714. The number of aromatic nitrogens is 4. The van der Waals surface area contributed by atoms with Crippen molar-refractivity contribution in [3.05, 3.63) is 11.5 Å². The molecule has 2 fully saturated rings. The van der Waals surface area contributed by atoms with E-state index in [0.29, 0.717) is 63.8 Å². The lowest BCUT2D eigenvalue weighted by Gasteiger charge is -2.35. The maximum absolute atomic E-state index is 13.3. The number of nitrogens with zero attached hydrogens (tertiary/aromatic N) is 5. The first kappa shape index (κ1) is 41.4. The van der Waals surface area contributed by atoms with Gasteiger partial charge in [0.05, 0.1) is 64.4 Å². The Bertz CT molecular complexity index is 1580. The Morgan fingerprint density at radius 1 is 1.02 bits per heavy atom. The van der Waals surface area contributed by atoms with E-state index in [9.17, 15) is 29.0 Å². The van der Waals surface area contributed by atoms with Crippen molar-refractivity contribution in [2.45, 2.75) is 49.8 Å². The second-order valence-electron chi connectivity index (χ2n) is 11.5. The van der Waals surface area contributed by atoms with E-state index in [1.54, 1.807) is 4.90 Å². The smallest absolute Gasteiger partial charge is 0.340 e. The fourth-order valence-corrected chi connectivity index (χ4v) is 8.16. The standard InChI is InChI=1S/C28H43ClN6O14P2/c1-2-8-44-10-12-46-14-15-47-13-11-45-9-6-30-26(38)20-5-3-4-7-34(20)24-19-16-31-35(25(19)33-28(29)32-24)27-23(37)22(36)21(49-27)17-48-51(42,43)18-50(39,40)41/h1,16,20-23,27,36-37H,3-15,17-18H2,(H,30,38)(H,42,43)(H2,39,40,41)/t20-,21-,22-,23-,27-/m1/s1. The van der Waals surface area contributed by atoms with Gasteiger partial charge in [0.25, 0.3) is 0 Å². The average Bonchev–Trinajstić information content (AvgIpc) is 3.61. The number of terminal acetylenes is 1. The minimum absolute atomic E-state index is 0.109. The molecule has 23 heteroatoms. The topological polar surface area (TPSA) is 267 Å². The number of nitrogens with one attached hydrogen (secondary N) is 1. The number of rotatable bonds is 21. The van der Waals surface area contributed by atoms with Gasteiger partial charge in [0, 0.05) is 13.1 Å². The Morgan fingerprint density at radius 3 is 2.35 bits per heavy atom. The van der Waals surface area contributed by atoms with Gasteiger partial charge in [-0.25, -0.2) is 4.68 Å². The minimum Gasteiger partial charge on any atom is -0.387 e. The largest absolute Gasteiger partial charge is 0.387 e. The highest BCUT2D eigenvalue weighted by Gasteiger charge is 2.46. The van der Waals surface area contributed by atoms with Gasteiger partial charge in [0.15, 0.2) is 17.8 Å². The van der Waals surface area contributed by atoms with E-state index in [1.807, 2.05) is 0 Å². The first-order valence-corrected chi connectivity index (χ1v) is 20.0. The lowest BCUT2D eigenvalue weighted by atomic mass is 10.0. The quantitative estimate of drug-likeness (QED) is 0.0407. The molecule has 2 aromatic rings. The number of hydrogen-bond acceptors (Lipinski definition) is 15. The van der Waals surface area contributed by atoms with Crippen molar-refractivity contribution in [1.29, 1.82) is 0 Å². The third kappa shape index (κ3) is 12.4. The Hall–Kier alpha value is -2.31. The molecule has 4 heterocycles. The number of fused-ring (bicyclic) bond motifs is 1. The van der Waals surface area contributed by atoms with Gasteiger partial charge in [-0.05, 0) is 30.9 Å². The van der Waals surface area contributed by atoms with E-state index < -0.39 is 58.3 Å². The van der Waals surface area contributed by atoms with Crippen LogP contribution in [0.15, 0.2) is 6.20 Å². The maximum atomic E-state index is 13.3. The molecule has 4 rings (SSSR count). The van der Waals surface area contributed by atoms with E-state index in [1.165, 1.54) is 6.20 Å². The molecule has 6 N–H and O–H groups in total. The molecule has 0 aliphatic carbocycles. The van der Waals surface area contributed by atoms with Gasteiger partial charge in [0.2, 0.25) is 11.2 Å². The van der Waals surface area contributed by atoms with Crippen LogP contribution in [0.25, 0.3) is 11.0 Å². The van der Waals surface area contributed by atoms with Crippen molar-refractivity contribution in [1.82, 2.24) is 25.1 Å². The van der Waals surface area contributed by atoms with Crippen LogP contribution < -0.4 is 10.2 Å². The van der Waals surface area contributed by atoms with E-state index in [0.717, 1.165) is 17.5 Å². The van der Waals surface area contributed by atoms with Crippen molar-refractivity contribution in [3.63, 3.8) is 0 Å². The third-order valence-corrected chi connectivity index (χ3v) is 11.3. The zero-order chi connectivity index (χ0) is 37.0. The summed E-state index contributed by atoms with van der Waals surface area (Å²) >= 11 is 6.32. The van der Waals surface area contributed by atoms with Gasteiger partial charge in [0.1, 0.15) is 36.8 Å². The summed E-state index contributed by atoms with van der Waals surface area (Å²) in [7, 11) is -9.64. The number of hydrogen-bond donors (Lipinski definition) is 6. The number of piperidine rings is 1. The zero-order valence-electron chi connectivity index (χ0n) is 27.6. The minimum atomic E-state index is -4.89. The summed E-state index contributed by atoms with van der Waals surface area (Å²) in [5.74, 6) is 1.02. The molecule has 6 atom stereocenters. The SMILES string of the molecule is C#CCOCCOCCOCCOCCNC(=O)[C@H]1CCCCN1c1nc(Cl)nc2c1cnn2[C@@H]1O[C@H](COP(=O)(O)CP(=O)(O)O)[C@@H](O)[C@H]1O. The molecule has 0 radical (unpaired) electrons. The summed E-state index contributed by atoms with van der Waals surface area (Å²) in [5.41, 5.74) is 0.109. The Balaban J connectivity index is 1.31. The summed E-state index contributed by atoms with van der Waals surface area (Å²) in [4.78, 5) is 51.6. The molecule has 1 unspecified atom stereocenters. The second-order valence-corrected chi connectivity index (χ2v) is 15.9. The number of amides is 1. The molecule has 0 spiro atoms. The first-order chi connectivity index (χ1) is 24.3. The molecule has 286 valence electrons. The van der Waals surface area contributed by atoms with Crippen molar-refractivity contribution in [3.8, 4) is 12.3 Å². The molecule has 1 amide bonds. The normalized spacial score (nSPS) is 23.7. The van der Waals surface area contributed by atoms with Crippen molar-refractivity contribution < 1.29 is 67.0 Å². The molecule has 2 aromatic heterocycles. The van der Waals surface area contributed by atoms with Gasteiger partial charge in [-0.3, -0.25) is 13.9 Å². The molecule has 0 saturated carbocycles. The number of anilines is 1. The van der Waals surface area contributed by atoms with Crippen LogP contribution in [0.3, 0.4) is 0 Å². The molecule has 20 nitrogen and oxygen atoms in total. The van der Waals surface area contributed by atoms with Gasteiger partial charge in [-0.2, -0.15) is 15.1 Å². The van der Waals surface area contributed by atoms with Crippen LogP contribution >= 0.6 is 26.8 Å². The number of aliphatic hydroxyl groups is 2. The highest BCUT2D eigenvalue weighted by atomic mass is 35.5. The Kier molecular flexibility index (Phi) is 16.0. The molecule has 2 aliphatic heterocycles. The molecular weight excluding hydrogens is 742 g/mol. The molecule has 0 aromatic carbocycles. The van der Waals surface area contributed by atoms with Crippen LogP contribution in [0.2, 0.25) is 5.28 Å². The summed E-state index contributed by atoms with van der Waals surface area (Å²) in [6.07, 6.45) is 2.59. The molecule has 0 bridgehead atoms. The van der Waals surface area contributed by atoms with Gasteiger partial charge in [-0.15, -0.1) is 6.42 Å². The highest BCUT2D eigenvalue weighted by Crippen LogP contribution is 2.55. The van der Waals surface area contributed by atoms with Crippen molar-refractivity contribution >= 4 is 49.6 Å². The van der Waals surface area contributed by atoms with Crippen LogP contribution in [0.1, 0.15) is 25.5 Å². The number of halogens is 1. The van der Waals surface area contributed by atoms with E-state index in [-0.39, 0.29) is 36.6 Å². The number of ether oxygens (including phenoxy) is 5. The fourth-order valence-electron chi connectivity index (χ4n) is 5.44. The molecular formula is C28H43ClN6O14P2. The first-order valence-electron chi connectivity index (χ1n) is 16.0. The Morgan fingerprint density at radius 2 is 1.69 bits per heavy atom. The lowest BCUT2D eigenvalue weighted by molar-refractivity contribution is -0.123. The molecule has 2 aliphatic rings. The summed E-state index contributed by atoms with van der Waals surface area (Å²) in [6.45, 7) is 2.82. The van der Waals surface area contributed by atoms with E-state index in [4.69, 9.17) is 56.0 Å². The number of carbonyl (C=O) groups is 1. The van der Waals surface area contributed by atoms with Gasteiger partial charge < -0.3 is 63.3 Å². The van der Waals surface area contributed by atoms with Gasteiger partial charge in [-0.1, -0.05) is 5.92 Å². The number of carbonyl (C=O) groups excluding carboxylic acids is 1. The van der Waals surface area contributed by atoms with Crippen LogP contribution in [0.5, 0.6) is 0 Å². The Labute approximate surface area is 298 Å². The summed E-state index contributed by atoms with van der Waals surface area (Å²) < 4.78 is 56.3. The van der Waals surface area contributed by atoms with Crippen LogP contribution in [0.4, 0.5) is 5.82 Å². The summed E-state index contributed by atoms with van der Waals surface area (Å²) in [5, 5.41) is 28.7. The molecule has 51 heavy (non-hydrogen) atoms. The van der Waals surface area contributed by atoms with E-state index >= 15 is 0 Å². The zero-order valence-corrected chi connectivity index (χ0v) is 30.1. The van der Waals surface area contributed by atoms with Crippen LogP contribution in [0, 0.1) is 12.3 Å². The maximum Gasteiger partial charge on any atom is 0.340 e. The predicted molar refractivity (Wildman–Crippen MR) is 179 cm³/mol. The predicted octanol–water partition coefficient (Wildman–Crippen LogP) is -0.389. The van der Waals surface area contributed by atoms with Crippen molar-refractivity contribution in [2.24, 2.45) is 0 Å². The highest BCUT2D eigenvalue weighted by molar-refractivity contribution is 7.70. The van der Waals surface area contributed by atoms with Crippen LogP contribution in [-0.2, 0) is 42.1 Å². The molecule has 2 saturated heterocycles. The van der Waals surface area contributed by atoms with Gasteiger partial charge >= 0.3 is 15.2 Å².